The molecule has 0 aliphatic carbocycles. The first-order chi connectivity index (χ1) is 10.1. The van der Waals surface area contributed by atoms with E-state index in [1.165, 1.54) is 0 Å². The molecule has 0 aliphatic heterocycles. The minimum Gasteiger partial charge on any atom is -0.497 e. The lowest BCUT2D eigenvalue weighted by atomic mass is 10.1. The highest BCUT2D eigenvalue weighted by Gasteiger charge is 2.11. The van der Waals surface area contributed by atoms with Crippen molar-refractivity contribution in [2.45, 2.75) is 0 Å². The van der Waals surface area contributed by atoms with Crippen LogP contribution in [0.25, 0.3) is 22.3 Å². The third kappa shape index (κ3) is 2.66. The lowest BCUT2D eigenvalue weighted by Crippen LogP contribution is -1.98. The summed E-state index contributed by atoms with van der Waals surface area (Å²) in [5.74, 6) is 1.60. The molecule has 0 spiro atoms. The molecule has 3 aromatic rings. The van der Waals surface area contributed by atoms with E-state index < -0.39 is 0 Å². The van der Waals surface area contributed by atoms with Crippen molar-refractivity contribution in [2.75, 3.05) is 12.8 Å². The summed E-state index contributed by atoms with van der Waals surface area (Å²) in [6.07, 6.45) is 0. The molecule has 0 aliphatic rings. The summed E-state index contributed by atoms with van der Waals surface area (Å²) >= 11 is 9.64. The van der Waals surface area contributed by atoms with E-state index in [1.54, 1.807) is 13.2 Å². The second-order valence-electron chi connectivity index (χ2n) is 4.44. The second-order valence-corrected chi connectivity index (χ2v) is 5.76. The summed E-state index contributed by atoms with van der Waals surface area (Å²) in [7, 11) is 1.61. The molecule has 0 radical (unpaired) electrons. The third-order valence-electron chi connectivity index (χ3n) is 3.10. The van der Waals surface area contributed by atoms with Crippen molar-refractivity contribution in [2.24, 2.45) is 0 Å². The Balaban J connectivity index is 2.23. The zero-order chi connectivity index (χ0) is 15.0. The van der Waals surface area contributed by atoms with E-state index in [-0.39, 0.29) is 0 Å². The van der Waals surface area contributed by atoms with Crippen LogP contribution in [0.15, 0.2) is 40.9 Å². The average Bonchev–Trinajstić information content (AvgIpc) is 2.49. The number of benzene rings is 2. The fourth-order valence-electron chi connectivity index (χ4n) is 2.05. The van der Waals surface area contributed by atoms with E-state index in [0.29, 0.717) is 22.4 Å². The van der Waals surface area contributed by atoms with Gasteiger partial charge in [0.15, 0.2) is 5.82 Å². The van der Waals surface area contributed by atoms with Gasteiger partial charge in [0.2, 0.25) is 0 Å². The number of nitrogens with zero attached hydrogens (tertiary/aromatic N) is 2. The Morgan fingerprint density at radius 3 is 2.71 bits per heavy atom. The van der Waals surface area contributed by atoms with E-state index in [9.17, 15) is 0 Å². The predicted molar refractivity (Wildman–Crippen MR) is 88.6 cm³/mol. The summed E-state index contributed by atoms with van der Waals surface area (Å²) in [5, 5.41) is 1.33. The molecule has 0 bridgehead atoms. The molecule has 2 aromatic carbocycles. The van der Waals surface area contributed by atoms with E-state index in [0.717, 1.165) is 20.9 Å². The van der Waals surface area contributed by atoms with Crippen molar-refractivity contribution in [3.8, 4) is 17.1 Å². The van der Waals surface area contributed by atoms with Crippen LogP contribution in [0.2, 0.25) is 5.02 Å². The zero-order valence-corrected chi connectivity index (χ0v) is 13.4. The summed E-state index contributed by atoms with van der Waals surface area (Å²) in [6.45, 7) is 0. The van der Waals surface area contributed by atoms with Crippen molar-refractivity contribution in [1.29, 1.82) is 0 Å². The largest absolute Gasteiger partial charge is 0.497 e. The zero-order valence-electron chi connectivity index (χ0n) is 11.1. The standard InChI is InChI=1S/C15H11BrClN3O/c1-21-9-3-5-13-11(7-9)14(18)20-15(19-13)10-6-8(16)2-4-12(10)17/h2-7H,1H3,(H2,18,19,20). The molecule has 0 saturated heterocycles. The molecular formula is C15H11BrClN3O. The normalized spacial score (nSPS) is 10.8. The summed E-state index contributed by atoms with van der Waals surface area (Å²) in [4.78, 5) is 8.89. The Kier molecular flexibility index (Phi) is 3.69. The van der Waals surface area contributed by atoms with Crippen LogP contribution in [0.5, 0.6) is 5.75 Å². The number of rotatable bonds is 2. The highest BCUT2D eigenvalue weighted by atomic mass is 79.9. The lowest BCUT2D eigenvalue weighted by molar-refractivity contribution is 0.415. The maximum absolute atomic E-state index is 6.22. The van der Waals surface area contributed by atoms with E-state index in [2.05, 4.69) is 25.9 Å². The molecule has 0 fully saturated rings. The number of nitrogen functional groups attached to an aromatic ring is 1. The van der Waals surface area contributed by atoms with Gasteiger partial charge in [0.05, 0.1) is 17.6 Å². The van der Waals surface area contributed by atoms with Gasteiger partial charge in [-0.25, -0.2) is 9.97 Å². The lowest BCUT2D eigenvalue weighted by Gasteiger charge is -2.08. The Morgan fingerprint density at radius 2 is 1.95 bits per heavy atom. The Bertz CT molecular complexity index is 839. The summed E-state index contributed by atoms with van der Waals surface area (Å²) in [5.41, 5.74) is 7.52. The molecule has 21 heavy (non-hydrogen) atoms. The van der Waals surface area contributed by atoms with Gasteiger partial charge in [-0.2, -0.15) is 0 Å². The van der Waals surface area contributed by atoms with Crippen LogP contribution in [0.4, 0.5) is 5.82 Å². The van der Waals surface area contributed by atoms with E-state index >= 15 is 0 Å². The third-order valence-corrected chi connectivity index (χ3v) is 3.92. The highest BCUT2D eigenvalue weighted by molar-refractivity contribution is 9.10. The number of ether oxygens (including phenoxy) is 1. The SMILES string of the molecule is COc1ccc2nc(-c3cc(Br)ccc3Cl)nc(N)c2c1. The Hall–Kier alpha value is -1.85. The van der Waals surface area contributed by atoms with Gasteiger partial charge in [-0.1, -0.05) is 27.5 Å². The van der Waals surface area contributed by atoms with Gasteiger partial charge >= 0.3 is 0 Å². The average molecular weight is 365 g/mol. The molecule has 0 unspecified atom stereocenters. The first-order valence-corrected chi connectivity index (χ1v) is 7.32. The van der Waals surface area contributed by atoms with Gasteiger partial charge < -0.3 is 10.5 Å². The fourth-order valence-corrected chi connectivity index (χ4v) is 2.61. The van der Waals surface area contributed by atoms with Crippen molar-refractivity contribution in [1.82, 2.24) is 9.97 Å². The van der Waals surface area contributed by atoms with Gasteiger partial charge in [-0.3, -0.25) is 0 Å². The number of methoxy groups -OCH3 is 1. The number of nitrogens with two attached hydrogens (primary N) is 1. The van der Waals surface area contributed by atoms with Crippen molar-refractivity contribution < 1.29 is 4.74 Å². The van der Waals surface area contributed by atoms with Crippen LogP contribution in [0.3, 0.4) is 0 Å². The minimum absolute atomic E-state index is 0.393. The van der Waals surface area contributed by atoms with Gasteiger partial charge in [-0.05, 0) is 36.4 Å². The molecule has 3 rings (SSSR count). The topological polar surface area (TPSA) is 61.0 Å². The Morgan fingerprint density at radius 1 is 1.14 bits per heavy atom. The van der Waals surface area contributed by atoms with Crippen molar-refractivity contribution in [3.05, 3.63) is 45.9 Å². The van der Waals surface area contributed by atoms with Crippen molar-refractivity contribution >= 4 is 44.3 Å². The molecule has 0 saturated carbocycles. The Labute approximate surface area is 135 Å². The van der Waals surface area contributed by atoms with Crippen molar-refractivity contribution in [3.63, 3.8) is 0 Å². The van der Waals surface area contributed by atoms with Crippen LogP contribution < -0.4 is 10.5 Å². The van der Waals surface area contributed by atoms with E-state index in [4.69, 9.17) is 22.1 Å². The minimum atomic E-state index is 0.393. The fraction of sp³-hybridized carbons (Fsp3) is 0.0667. The number of hydrogen-bond acceptors (Lipinski definition) is 4. The first kappa shape index (κ1) is 14.1. The van der Waals surface area contributed by atoms with Gasteiger partial charge in [-0.15, -0.1) is 0 Å². The van der Waals surface area contributed by atoms with Crippen LogP contribution in [-0.2, 0) is 0 Å². The monoisotopic (exact) mass is 363 g/mol. The molecule has 1 heterocycles. The molecule has 0 amide bonds. The molecule has 1 aromatic heterocycles. The van der Waals surface area contributed by atoms with Crippen LogP contribution >= 0.6 is 27.5 Å². The van der Waals surface area contributed by atoms with Gasteiger partial charge in [0, 0.05) is 15.4 Å². The molecule has 106 valence electrons. The quantitative estimate of drug-likeness (QED) is 0.736. The molecule has 4 nitrogen and oxygen atoms in total. The van der Waals surface area contributed by atoms with Crippen LogP contribution in [0.1, 0.15) is 0 Å². The first-order valence-electron chi connectivity index (χ1n) is 6.15. The van der Waals surface area contributed by atoms with Gasteiger partial charge in [0.25, 0.3) is 0 Å². The number of fused-ring (bicyclic) bond motifs is 1. The second kappa shape index (κ2) is 5.50. The molecule has 6 heteroatoms. The maximum Gasteiger partial charge on any atom is 0.163 e. The molecule has 2 N–H and O–H groups in total. The smallest absolute Gasteiger partial charge is 0.163 e. The highest BCUT2D eigenvalue weighted by Crippen LogP contribution is 2.31. The number of hydrogen-bond donors (Lipinski definition) is 1. The van der Waals surface area contributed by atoms with Gasteiger partial charge in [0.1, 0.15) is 11.6 Å². The van der Waals surface area contributed by atoms with Crippen LogP contribution in [-0.4, -0.2) is 17.1 Å². The summed E-state index contributed by atoms with van der Waals surface area (Å²) < 4.78 is 6.09. The molecular weight excluding hydrogens is 354 g/mol. The maximum atomic E-state index is 6.22. The number of aromatic nitrogens is 2. The number of anilines is 1. The number of halogens is 2. The van der Waals surface area contributed by atoms with E-state index in [1.807, 2.05) is 30.3 Å². The molecule has 0 atom stereocenters. The van der Waals surface area contributed by atoms with Crippen LogP contribution in [0, 0.1) is 0 Å². The predicted octanol–water partition coefficient (Wildman–Crippen LogP) is 4.30. The summed E-state index contributed by atoms with van der Waals surface area (Å²) in [6, 6.07) is 11.0.